The smallest absolute Gasteiger partial charge is 0.253 e. The maximum Gasteiger partial charge on any atom is 0.253 e. The Hall–Kier alpha value is -2.90. The molecule has 0 bridgehead atoms. The normalized spacial score (nSPS) is 11.3. The average molecular weight is 358 g/mol. The summed E-state index contributed by atoms with van der Waals surface area (Å²) in [4.78, 5) is 22.2. The molecule has 0 fully saturated rings. The molecule has 2 aromatic rings. The number of aromatic nitrogens is 2. The lowest BCUT2D eigenvalue weighted by atomic mass is 10.1. The van der Waals surface area contributed by atoms with E-state index in [4.69, 9.17) is 4.52 Å². The lowest BCUT2D eigenvalue weighted by Gasteiger charge is -2.12. The molecule has 0 aliphatic rings. The van der Waals surface area contributed by atoms with Crippen molar-refractivity contribution in [3.05, 3.63) is 47.1 Å². The van der Waals surface area contributed by atoms with Crippen LogP contribution in [0.5, 0.6) is 0 Å². The Labute approximate surface area is 153 Å². The molecule has 140 valence electrons. The molecule has 0 atom stereocenters. The number of carbonyl (C=O) groups excluding carboxylic acids is 1. The minimum atomic E-state index is 0.00422. The molecular weight excluding hydrogens is 332 g/mol. The van der Waals surface area contributed by atoms with Gasteiger partial charge in [-0.05, 0) is 38.0 Å². The van der Waals surface area contributed by atoms with Crippen LogP contribution in [-0.4, -0.2) is 54.1 Å². The Morgan fingerprint density at radius 3 is 2.77 bits per heavy atom. The summed E-state index contributed by atoms with van der Waals surface area (Å²) in [5.74, 6) is 1.77. The van der Waals surface area contributed by atoms with Crippen LogP contribution in [0.1, 0.15) is 34.6 Å². The SMILES string of the molecule is CCNC(=NCc1nc(C)no1)NCCc1cccc(C(=O)N(C)C)c1. The van der Waals surface area contributed by atoms with Gasteiger partial charge in [0, 0.05) is 32.7 Å². The Balaban J connectivity index is 1.91. The Morgan fingerprint density at radius 2 is 2.12 bits per heavy atom. The zero-order chi connectivity index (χ0) is 18.9. The highest BCUT2D eigenvalue weighted by atomic mass is 16.5. The molecule has 0 aliphatic carbocycles. The molecule has 0 spiro atoms. The summed E-state index contributed by atoms with van der Waals surface area (Å²) in [6.45, 7) is 5.54. The predicted octanol–water partition coefficient (Wildman–Crippen LogP) is 1.38. The van der Waals surface area contributed by atoms with E-state index in [1.807, 2.05) is 31.2 Å². The maximum atomic E-state index is 12.0. The van der Waals surface area contributed by atoms with Crippen molar-refractivity contribution < 1.29 is 9.32 Å². The highest BCUT2D eigenvalue weighted by molar-refractivity contribution is 5.94. The highest BCUT2D eigenvalue weighted by Gasteiger charge is 2.08. The van der Waals surface area contributed by atoms with Crippen molar-refractivity contribution >= 4 is 11.9 Å². The molecule has 0 aliphatic heterocycles. The third kappa shape index (κ3) is 5.87. The van der Waals surface area contributed by atoms with E-state index in [0.29, 0.717) is 36.3 Å². The van der Waals surface area contributed by atoms with Crippen molar-refractivity contribution in [2.75, 3.05) is 27.2 Å². The molecule has 8 heteroatoms. The minimum Gasteiger partial charge on any atom is -0.357 e. The molecule has 0 radical (unpaired) electrons. The Bertz CT molecular complexity index is 754. The molecular formula is C18H26N6O2. The summed E-state index contributed by atoms with van der Waals surface area (Å²) < 4.78 is 5.06. The maximum absolute atomic E-state index is 12.0. The van der Waals surface area contributed by atoms with Crippen LogP contribution in [0, 0.1) is 6.92 Å². The number of nitrogens with one attached hydrogen (secondary N) is 2. The lowest BCUT2D eigenvalue weighted by molar-refractivity contribution is 0.0827. The second-order valence-corrected chi connectivity index (χ2v) is 6.01. The van der Waals surface area contributed by atoms with Gasteiger partial charge < -0.3 is 20.1 Å². The number of hydrogen-bond acceptors (Lipinski definition) is 5. The van der Waals surface area contributed by atoms with E-state index in [1.165, 1.54) is 0 Å². The van der Waals surface area contributed by atoms with E-state index >= 15 is 0 Å². The number of aryl methyl sites for hydroxylation is 1. The molecule has 0 saturated carbocycles. The van der Waals surface area contributed by atoms with Crippen LogP contribution in [0.4, 0.5) is 0 Å². The van der Waals surface area contributed by atoms with Crippen molar-refractivity contribution in [2.45, 2.75) is 26.8 Å². The van der Waals surface area contributed by atoms with Gasteiger partial charge in [-0.2, -0.15) is 4.98 Å². The zero-order valence-corrected chi connectivity index (χ0v) is 15.7. The van der Waals surface area contributed by atoms with Gasteiger partial charge in [0.25, 0.3) is 5.91 Å². The first kappa shape index (κ1) is 19.4. The van der Waals surface area contributed by atoms with Gasteiger partial charge in [-0.25, -0.2) is 4.99 Å². The summed E-state index contributed by atoms with van der Waals surface area (Å²) >= 11 is 0. The van der Waals surface area contributed by atoms with Crippen molar-refractivity contribution in [3.8, 4) is 0 Å². The summed E-state index contributed by atoms with van der Waals surface area (Å²) in [5.41, 5.74) is 1.79. The quantitative estimate of drug-likeness (QED) is 0.573. The van der Waals surface area contributed by atoms with Crippen molar-refractivity contribution in [2.24, 2.45) is 4.99 Å². The second kappa shape index (κ2) is 9.55. The van der Waals surface area contributed by atoms with E-state index in [9.17, 15) is 4.79 Å². The fourth-order valence-corrected chi connectivity index (χ4v) is 2.34. The minimum absolute atomic E-state index is 0.00422. The first-order valence-electron chi connectivity index (χ1n) is 8.61. The van der Waals surface area contributed by atoms with Crippen molar-refractivity contribution in [1.29, 1.82) is 0 Å². The third-order valence-corrected chi connectivity index (χ3v) is 3.57. The van der Waals surface area contributed by atoms with E-state index in [0.717, 1.165) is 18.5 Å². The number of rotatable bonds is 7. The van der Waals surface area contributed by atoms with E-state index < -0.39 is 0 Å². The summed E-state index contributed by atoms with van der Waals surface area (Å²) in [6.07, 6.45) is 0.776. The first-order chi connectivity index (χ1) is 12.5. The number of aliphatic imine (C=N–C) groups is 1. The fraction of sp³-hybridized carbons (Fsp3) is 0.444. The Kier molecular flexibility index (Phi) is 7.13. The molecule has 1 aromatic carbocycles. The van der Waals surface area contributed by atoms with E-state index in [1.54, 1.807) is 25.9 Å². The monoisotopic (exact) mass is 358 g/mol. The highest BCUT2D eigenvalue weighted by Crippen LogP contribution is 2.07. The van der Waals surface area contributed by atoms with Crippen LogP contribution in [0.3, 0.4) is 0 Å². The molecule has 8 nitrogen and oxygen atoms in total. The zero-order valence-electron chi connectivity index (χ0n) is 15.7. The van der Waals surface area contributed by atoms with E-state index in [-0.39, 0.29) is 5.91 Å². The second-order valence-electron chi connectivity index (χ2n) is 6.01. The topological polar surface area (TPSA) is 95.6 Å². The van der Waals surface area contributed by atoms with Gasteiger partial charge in [-0.15, -0.1) is 0 Å². The number of amides is 1. The summed E-state index contributed by atoms with van der Waals surface area (Å²) in [7, 11) is 3.50. The van der Waals surface area contributed by atoms with Gasteiger partial charge in [0.05, 0.1) is 0 Å². The largest absolute Gasteiger partial charge is 0.357 e. The van der Waals surface area contributed by atoms with Gasteiger partial charge in [0.15, 0.2) is 11.8 Å². The first-order valence-corrected chi connectivity index (χ1v) is 8.61. The van der Waals surface area contributed by atoms with E-state index in [2.05, 4.69) is 25.8 Å². The van der Waals surface area contributed by atoms with Crippen LogP contribution in [0.2, 0.25) is 0 Å². The molecule has 1 aromatic heterocycles. The summed E-state index contributed by atoms with van der Waals surface area (Å²) in [5, 5.41) is 10.2. The lowest BCUT2D eigenvalue weighted by Crippen LogP contribution is -2.38. The van der Waals surface area contributed by atoms with Crippen LogP contribution >= 0.6 is 0 Å². The van der Waals surface area contributed by atoms with Gasteiger partial charge in [0.1, 0.15) is 6.54 Å². The summed E-state index contributed by atoms with van der Waals surface area (Å²) in [6, 6.07) is 7.68. The molecule has 1 amide bonds. The number of benzene rings is 1. The average Bonchev–Trinajstić information content (AvgIpc) is 3.04. The molecule has 2 N–H and O–H groups in total. The molecule has 1 heterocycles. The van der Waals surface area contributed by atoms with Gasteiger partial charge in [0.2, 0.25) is 5.89 Å². The molecule has 2 rings (SSSR count). The standard InChI is InChI=1S/C18H26N6O2/c1-5-19-18(21-12-16-22-13(2)23-26-16)20-10-9-14-7-6-8-15(11-14)17(25)24(3)4/h6-8,11H,5,9-10,12H2,1-4H3,(H2,19,20,21). The Morgan fingerprint density at radius 1 is 1.31 bits per heavy atom. The van der Waals surface area contributed by atoms with Crippen LogP contribution in [-0.2, 0) is 13.0 Å². The van der Waals surface area contributed by atoms with Crippen LogP contribution in [0.15, 0.2) is 33.8 Å². The van der Waals surface area contributed by atoms with Crippen molar-refractivity contribution in [3.63, 3.8) is 0 Å². The van der Waals surface area contributed by atoms with Crippen LogP contribution in [0.25, 0.3) is 0 Å². The molecule has 0 unspecified atom stereocenters. The molecule has 0 saturated heterocycles. The number of hydrogen-bond donors (Lipinski definition) is 2. The van der Waals surface area contributed by atoms with Gasteiger partial charge >= 0.3 is 0 Å². The third-order valence-electron chi connectivity index (χ3n) is 3.57. The predicted molar refractivity (Wildman–Crippen MR) is 100 cm³/mol. The van der Waals surface area contributed by atoms with Crippen LogP contribution < -0.4 is 10.6 Å². The van der Waals surface area contributed by atoms with Crippen molar-refractivity contribution in [1.82, 2.24) is 25.7 Å². The molecule has 26 heavy (non-hydrogen) atoms. The fourth-order valence-electron chi connectivity index (χ4n) is 2.34. The number of carbonyl (C=O) groups is 1. The number of guanidine groups is 1. The van der Waals surface area contributed by atoms with Gasteiger partial charge in [-0.3, -0.25) is 4.79 Å². The van der Waals surface area contributed by atoms with Gasteiger partial charge in [-0.1, -0.05) is 17.3 Å². The number of nitrogens with zero attached hydrogens (tertiary/aromatic N) is 4.